The molecule has 0 aliphatic heterocycles. The van der Waals surface area contributed by atoms with Gasteiger partial charge in [0.25, 0.3) is 0 Å². The van der Waals surface area contributed by atoms with E-state index >= 15 is 0 Å². The third-order valence-electron chi connectivity index (χ3n) is 3.69. The van der Waals surface area contributed by atoms with Gasteiger partial charge in [-0.15, -0.1) is 0 Å². The topological polar surface area (TPSA) is 38.1 Å². The highest BCUT2D eigenvalue weighted by atomic mass is 16.3. The highest BCUT2D eigenvalue weighted by Crippen LogP contribution is 2.22. The molecule has 0 aliphatic rings. The third-order valence-corrected chi connectivity index (χ3v) is 3.69. The van der Waals surface area contributed by atoms with Gasteiger partial charge in [-0.05, 0) is 54.8 Å². The van der Waals surface area contributed by atoms with Crippen molar-refractivity contribution in [1.82, 2.24) is 10.3 Å². The maximum atomic E-state index is 5.19. The standard InChI is InChI=1S/C18H20N2O/c1-2-8-19-18(11-14-7-10-21-13-14)16-5-6-17-15(12-16)4-3-9-20-17/h3-7,9-10,12-13,18-19H,2,8,11H2,1H3. The van der Waals surface area contributed by atoms with Crippen molar-refractivity contribution in [2.24, 2.45) is 0 Å². The molecule has 0 aliphatic carbocycles. The van der Waals surface area contributed by atoms with Crippen molar-refractivity contribution in [2.75, 3.05) is 6.54 Å². The van der Waals surface area contributed by atoms with Crippen LogP contribution in [0, 0.1) is 0 Å². The molecule has 0 spiro atoms. The maximum Gasteiger partial charge on any atom is 0.0935 e. The number of pyridine rings is 1. The minimum Gasteiger partial charge on any atom is -0.472 e. The van der Waals surface area contributed by atoms with E-state index in [1.165, 1.54) is 16.5 Å². The molecule has 1 atom stereocenters. The Kier molecular flexibility index (Phi) is 4.31. The van der Waals surface area contributed by atoms with Gasteiger partial charge in [0, 0.05) is 17.6 Å². The first-order valence-corrected chi connectivity index (χ1v) is 7.46. The molecule has 1 aromatic carbocycles. The van der Waals surface area contributed by atoms with E-state index in [1.54, 1.807) is 6.26 Å². The van der Waals surface area contributed by atoms with Crippen molar-refractivity contribution < 1.29 is 4.42 Å². The summed E-state index contributed by atoms with van der Waals surface area (Å²) in [6.45, 7) is 3.19. The Bertz CT molecular complexity index is 691. The van der Waals surface area contributed by atoms with Crippen molar-refractivity contribution in [3.8, 4) is 0 Å². The minimum atomic E-state index is 0.298. The van der Waals surface area contributed by atoms with E-state index in [9.17, 15) is 0 Å². The lowest BCUT2D eigenvalue weighted by Gasteiger charge is -2.19. The predicted molar refractivity (Wildman–Crippen MR) is 85.2 cm³/mol. The van der Waals surface area contributed by atoms with E-state index in [2.05, 4.69) is 41.5 Å². The lowest BCUT2D eigenvalue weighted by molar-refractivity contribution is 0.521. The van der Waals surface area contributed by atoms with Gasteiger partial charge in [-0.3, -0.25) is 4.98 Å². The van der Waals surface area contributed by atoms with Gasteiger partial charge in [-0.25, -0.2) is 0 Å². The summed E-state index contributed by atoms with van der Waals surface area (Å²) >= 11 is 0. The number of hydrogen-bond acceptors (Lipinski definition) is 3. The number of nitrogens with zero attached hydrogens (tertiary/aromatic N) is 1. The fourth-order valence-corrected chi connectivity index (χ4v) is 2.58. The second-order valence-electron chi connectivity index (χ2n) is 5.30. The Morgan fingerprint density at radius 3 is 3.00 bits per heavy atom. The molecule has 2 aromatic heterocycles. The fraction of sp³-hybridized carbons (Fsp3) is 0.278. The monoisotopic (exact) mass is 280 g/mol. The fourth-order valence-electron chi connectivity index (χ4n) is 2.58. The average molecular weight is 280 g/mol. The summed E-state index contributed by atoms with van der Waals surface area (Å²) in [6, 6.07) is 12.9. The molecule has 3 aromatic rings. The first-order chi connectivity index (χ1) is 10.4. The average Bonchev–Trinajstić information content (AvgIpc) is 3.04. The molecule has 2 heterocycles. The van der Waals surface area contributed by atoms with Crippen molar-refractivity contribution in [3.63, 3.8) is 0 Å². The van der Waals surface area contributed by atoms with E-state index in [4.69, 9.17) is 4.42 Å². The first-order valence-electron chi connectivity index (χ1n) is 7.46. The Hall–Kier alpha value is -2.13. The summed E-state index contributed by atoms with van der Waals surface area (Å²) in [7, 11) is 0. The lowest BCUT2D eigenvalue weighted by Crippen LogP contribution is -2.24. The molecule has 3 heteroatoms. The Morgan fingerprint density at radius 2 is 2.19 bits per heavy atom. The van der Waals surface area contributed by atoms with E-state index in [1.807, 2.05) is 24.6 Å². The quantitative estimate of drug-likeness (QED) is 0.738. The SMILES string of the molecule is CCCNC(Cc1ccoc1)c1ccc2ncccc2c1. The minimum absolute atomic E-state index is 0.298. The van der Waals surface area contributed by atoms with Crippen LogP contribution < -0.4 is 5.32 Å². The molecule has 3 rings (SSSR count). The molecule has 0 amide bonds. The van der Waals surface area contributed by atoms with Gasteiger partial charge in [-0.2, -0.15) is 0 Å². The molecule has 0 bridgehead atoms. The molecule has 108 valence electrons. The lowest BCUT2D eigenvalue weighted by atomic mass is 9.98. The van der Waals surface area contributed by atoms with Crippen LogP contribution >= 0.6 is 0 Å². The number of benzene rings is 1. The zero-order valence-corrected chi connectivity index (χ0v) is 12.3. The molecule has 1 unspecified atom stereocenters. The summed E-state index contributed by atoms with van der Waals surface area (Å²) in [5.41, 5.74) is 3.55. The highest BCUT2D eigenvalue weighted by molar-refractivity contribution is 5.79. The second-order valence-corrected chi connectivity index (χ2v) is 5.30. The van der Waals surface area contributed by atoms with Crippen molar-refractivity contribution in [2.45, 2.75) is 25.8 Å². The third kappa shape index (κ3) is 3.31. The van der Waals surface area contributed by atoms with Crippen LogP contribution in [0.25, 0.3) is 10.9 Å². The summed E-state index contributed by atoms with van der Waals surface area (Å²) in [5.74, 6) is 0. The van der Waals surface area contributed by atoms with Crippen molar-refractivity contribution >= 4 is 10.9 Å². The highest BCUT2D eigenvalue weighted by Gasteiger charge is 2.13. The molecule has 1 N–H and O–H groups in total. The van der Waals surface area contributed by atoms with Gasteiger partial charge in [0.2, 0.25) is 0 Å². The molecule has 0 saturated heterocycles. The van der Waals surface area contributed by atoms with E-state index in [0.717, 1.165) is 24.9 Å². The van der Waals surface area contributed by atoms with Gasteiger partial charge < -0.3 is 9.73 Å². The van der Waals surface area contributed by atoms with Gasteiger partial charge >= 0.3 is 0 Å². The molecule has 0 saturated carbocycles. The number of hydrogen-bond donors (Lipinski definition) is 1. The normalized spacial score (nSPS) is 12.6. The van der Waals surface area contributed by atoms with Crippen molar-refractivity contribution in [1.29, 1.82) is 0 Å². The van der Waals surface area contributed by atoms with E-state index in [0.29, 0.717) is 6.04 Å². The molecular weight excluding hydrogens is 260 g/mol. The van der Waals surface area contributed by atoms with Gasteiger partial charge in [0.1, 0.15) is 0 Å². The van der Waals surface area contributed by atoms with Crippen LogP contribution in [-0.2, 0) is 6.42 Å². The summed E-state index contributed by atoms with van der Waals surface area (Å²) < 4.78 is 5.19. The zero-order chi connectivity index (χ0) is 14.5. The number of furan rings is 1. The van der Waals surface area contributed by atoms with Crippen LogP contribution in [0.5, 0.6) is 0 Å². The number of aromatic nitrogens is 1. The van der Waals surface area contributed by atoms with Crippen LogP contribution in [0.2, 0.25) is 0 Å². The molecule has 3 nitrogen and oxygen atoms in total. The Balaban J connectivity index is 1.89. The zero-order valence-electron chi connectivity index (χ0n) is 12.3. The molecule has 0 radical (unpaired) electrons. The Morgan fingerprint density at radius 1 is 1.24 bits per heavy atom. The van der Waals surface area contributed by atoms with Crippen molar-refractivity contribution in [3.05, 3.63) is 66.2 Å². The molecule has 21 heavy (non-hydrogen) atoms. The second kappa shape index (κ2) is 6.55. The molecular formula is C18H20N2O. The van der Waals surface area contributed by atoms with E-state index in [-0.39, 0.29) is 0 Å². The van der Waals surface area contributed by atoms with Gasteiger partial charge in [0.05, 0.1) is 18.0 Å². The van der Waals surface area contributed by atoms with Crippen LogP contribution in [0.15, 0.2) is 59.5 Å². The van der Waals surface area contributed by atoms with Crippen LogP contribution in [-0.4, -0.2) is 11.5 Å². The smallest absolute Gasteiger partial charge is 0.0935 e. The van der Waals surface area contributed by atoms with Gasteiger partial charge in [0.15, 0.2) is 0 Å². The van der Waals surface area contributed by atoms with Crippen LogP contribution in [0.4, 0.5) is 0 Å². The number of fused-ring (bicyclic) bond motifs is 1. The van der Waals surface area contributed by atoms with Crippen LogP contribution in [0.3, 0.4) is 0 Å². The summed E-state index contributed by atoms with van der Waals surface area (Å²) in [5, 5.41) is 4.81. The number of nitrogens with one attached hydrogen (secondary N) is 1. The summed E-state index contributed by atoms with van der Waals surface area (Å²) in [4.78, 5) is 4.38. The molecule has 0 fully saturated rings. The largest absolute Gasteiger partial charge is 0.472 e. The van der Waals surface area contributed by atoms with Crippen LogP contribution in [0.1, 0.15) is 30.5 Å². The maximum absolute atomic E-state index is 5.19. The number of rotatable bonds is 6. The van der Waals surface area contributed by atoms with Gasteiger partial charge in [-0.1, -0.05) is 19.1 Å². The Labute approximate surface area is 125 Å². The van der Waals surface area contributed by atoms with E-state index < -0.39 is 0 Å². The predicted octanol–water partition coefficient (Wildman–Crippen LogP) is 4.11. The summed E-state index contributed by atoms with van der Waals surface area (Å²) in [6.07, 6.45) is 7.44. The first kappa shape index (κ1) is 13.8.